The second kappa shape index (κ2) is 9.83. The second-order valence-corrected chi connectivity index (χ2v) is 9.02. The summed E-state index contributed by atoms with van der Waals surface area (Å²) in [5, 5.41) is 22.4. The van der Waals surface area contributed by atoms with Crippen LogP contribution in [0.4, 0.5) is 0 Å². The summed E-state index contributed by atoms with van der Waals surface area (Å²) in [5.74, 6) is 0.968. The Morgan fingerprint density at radius 1 is 0.848 bits per heavy atom. The number of halogens is 1. The molecule has 0 amide bonds. The average Bonchev–Trinajstić information content (AvgIpc) is 3.18. The Morgan fingerprint density at radius 3 is 2.21 bits per heavy atom. The molecule has 2 N–H and O–H groups in total. The molecule has 0 aliphatic carbocycles. The number of nitrogens with zero attached hydrogens (tertiary/aromatic N) is 1. The SMILES string of the molecule is Cl.O=C(c1ccc(ON2CCCCC2)cc1)c1c(-c2ccc(O)cc2)sc2cc(O)ccc12. The summed E-state index contributed by atoms with van der Waals surface area (Å²) in [6.07, 6.45) is 3.51. The van der Waals surface area contributed by atoms with Crippen molar-refractivity contribution in [1.29, 1.82) is 0 Å². The summed E-state index contributed by atoms with van der Waals surface area (Å²) in [4.78, 5) is 20.4. The molecule has 1 aromatic heterocycles. The Morgan fingerprint density at radius 2 is 1.52 bits per heavy atom. The van der Waals surface area contributed by atoms with Crippen LogP contribution in [0.3, 0.4) is 0 Å². The molecule has 0 bridgehead atoms. The quantitative estimate of drug-likeness (QED) is 0.322. The van der Waals surface area contributed by atoms with E-state index in [0.717, 1.165) is 52.2 Å². The predicted molar refractivity (Wildman–Crippen MR) is 134 cm³/mol. The van der Waals surface area contributed by atoms with Crippen LogP contribution in [0, 0.1) is 0 Å². The Bertz CT molecular complexity index is 1260. The maximum atomic E-state index is 13.6. The Hall–Kier alpha value is -3.06. The van der Waals surface area contributed by atoms with E-state index in [9.17, 15) is 15.0 Å². The van der Waals surface area contributed by atoms with Gasteiger partial charge in [-0.3, -0.25) is 4.79 Å². The second-order valence-electron chi connectivity index (χ2n) is 7.97. The van der Waals surface area contributed by atoms with Crippen molar-refractivity contribution in [1.82, 2.24) is 5.06 Å². The summed E-state index contributed by atoms with van der Waals surface area (Å²) in [5.41, 5.74) is 2.01. The van der Waals surface area contributed by atoms with Gasteiger partial charge in [-0.1, -0.05) is 6.42 Å². The third-order valence-corrected chi connectivity index (χ3v) is 6.90. The van der Waals surface area contributed by atoms with Crippen LogP contribution in [0.15, 0.2) is 66.7 Å². The van der Waals surface area contributed by atoms with Crippen LogP contribution < -0.4 is 4.84 Å². The number of hydrogen-bond acceptors (Lipinski definition) is 6. The van der Waals surface area contributed by atoms with Crippen molar-refractivity contribution in [2.24, 2.45) is 0 Å². The number of phenols is 2. The Labute approximate surface area is 202 Å². The van der Waals surface area contributed by atoms with Gasteiger partial charge in [-0.2, -0.15) is 0 Å². The molecule has 3 aromatic carbocycles. The van der Waals surface area contributed by atoms with Gasteiger partial charge in [0.05, 0.1) is 0 Å². The number of carbonyl (C=O) groups is 1. The van der Waals surface area contributed by atoms with Gasteiger partial charge >= 0.3 is 0 Å². The van der Waals surface area contributed by atoms with E-state index < -0.39 is 0 Å². The molecule has 1 aliphatic rings. The zero-order valence-corrected chi connectivity index (χ0v) is 19.5. The number of phenolic OH excluding ortho intramolecular Hbond substituents is 2. The third kappa shape index (κ3) is 4.83. The number of piperidine rings is 1. The molecule has 5 rings (SSSR count). The molecule has 1 saturated heterocycles. The predicted octanol–water partition coefficient (Wildman–Crippen LogP) is 6.41. The van der Waals surface area contributed by atoms with E-state index in [-0.39, 0.29) is 29.7 Å². The minimum atomic E-state index is -0.0884. The number of aromatic hydroxyl groups is 2. The van der Waals surface area contributed by atoms with Crippen molar-refractivity contribution < 1.29 is 19.8 Å². The summed E-state index contributed by atoms with van der Waals surface area (Å²) in [7, 11) is 0. The lowest BCUT2D eigenvalue weighted by atomic mass is 9.97. The van der Waals surface area contributed by atoms with Crippen LogP contribution in [-0.2, 0) is 0 Å². The van der Waals surface area contributed by atoms with Crippen LogP contribution in [0.5, 0.6) is 17.2 Å². The zero-order valence-electron chi connectivity index (χ0n) is 17.9. The molecule has 1 aliphatic heterocycles. The maximum Gasteiger partial charge on any atom is 0.195 e. The number of hydroxylamine groups is 2. The lowest BCUT2D eigenvalue weighted by molar-refractivity contribution is -0.0720. The van der Waals surface area contributed by atoms with Gasteiger partial charge < -0.3 is 15.1 Å². The van der Waals surface area contributed by atoms with Gasteiger partial charge in [0.25, 0.3) is 0 Å². The highest BCUT2D eigenvalue weighted by Gasteiger charge is 2.22. The largest absolute Gasteiger partial charge is 0.508 e. The number of benzene rings is 3. The molecule has 4 aromatic rings. The van der Waals surface area contributed by atoms with Crippen molar-refractivity contribution >= 4 is 39.6 Å². The standard InChI is InChI=1S/C26H23NO4S.ClH/c28-19-8-4-18(5-9-19)26-24(22-13-10-20(29)16-23(22)32-26)25(30)17-6-11-21(12-7-17)31-27-14-2-1-3-15-27;/h4-13,16,28-29H,1-3,14-15H2;1H. The zero-order chi connectivity index (χ0) is 22.1. The number of thiophene rings is 1. The summed E-state index contributed by atoms with van der Waals surface area (Å²) in [6.45, 7) is 1.84. The van der Waals surface area contributed by atoms with Gasteiger partial charge in [0.15, 0.2) is 5.78 Å². The molecular formula is C26H24ClNO4S. The molecule has 0 spiro atoms. The highest BCUT2D eigenvalue weighted by Crippen LogP contribution is 2.41. The lowest BCUT2D eigenvalue weighted by Crippen LogP contribution is -2.32. The average molecular weight is 482 g/mol. The first-order valence-electron chi connectivity index (χ1n) is 10.7. The van der Waals surface area contributed by atoms with E-state index in [4.69, 9.17) is 4.84 Å². The van der Waals surface area contributed by atoms with Crippen molar-refractivity contribution in [3.8, 4) is 27.7 Å². The smallest absolute Gasteiger partial charge is 0.195 e. The Balaban J connectivity index is 0.00000259. The topological polar surface area (TPSA) is 70.0 Å². The van der Waals surface area contributed by atoms with E-state index >= 15 is 0 Å². The minimum Gasteiger partial charge on any atom is -0.508 e. The lowest BCUT2D eigenvalue weighted by Gasteiger charge is -2.26. The molecule has 170 valence electrons. The van der Waals surface area contributed by atoms with E-state index in [1.165, 1.54) is 17.8 Å². The summed E-state index contributed by atoms with van der Waals surface area (Å²) >= 11 is 1.45. The first-order chi connectivity index (χ1) is 15.6. The van der Waals surface area contributed by atoms with Crippen LogP contribution in [0.1, 0.15) is 35.2 Å². The van der Waals surface area contributed by atoms with E-state index in [2.05, 4.69) is 0 Å². The van der Waals surface area contributed by atoms with E-state index in [1.54, 1.807) is 54.6 Å². The molecule has 5 nitrogen and oxygen atoms in total. The van der Waals surface area contributed by atoms with Crippen LogP contribution in [-0.4, -0.2) is 34.1 Å². The normalized spacial score (nSPS) is 14.1. The molecule has 0 unspecified atom stereocenters. The number of carbonyl (C=O) groups excluding carboxylic acids is 1. The fraction of sp³-hybridized carbons (Fsp3) is 0.192. The summed E-state index contributed by atoms with van der Waals surface area (Å²) in [6, 6.07) is 19.1. The number of hydrogen-bond donors (Lipinski definition) is 2. The minimum absolute atomic E-state index is 0. The molecule has 0 saturated carbocycles. The number of rotatable bonds is 5. The molecule has 0 atom stereocenters. The van der Waals surface area contributed by atoms with Gasteiger partial charge in [0.1, 0.15) is 17.2 Å². The van der Waals surface area contributed by atoms with Gasteiger partial charge in [-0.05, 0) is 85.1 Å². The van der Waals surface area contributed by atoms with Gasteiger partial charge in [0.2, 0.25) is 0 Å². The fourth-order valence-corrected chi connectivity index (χ4v) is 5.28. The van der Waals surface area contributed by atoms with E-state index in [1.807, 2.05) is 17.2 Å². The summed E-state index contributed by atoms with van der Waals surface area (Å²) < 4.78 is 0.835. The van der Waals surface area contributed by atoms with Crippen LogP contribution in [0.2, 0.25) is 0 Å². The highest BCUT2D eigenvalue weighted by molar-refractivity contribution is 7.22. The molecule has 2 heterocycles. The van der Waals surface area contributed by atoms with Crippen molar-refractivity contribution in [3.05, 3.63) is 77.9 Å². The Kier molecular flexibility index (Phi) is 6.88. The maximum absolute atomic E-state index is 13.6. The van der Waals surface area contributed by atoms with E-state index in [0.29, 0.717) is 11.1 Å². The van der Waals surface area contributed by atoms with Crippen molar-refractivity contribution in [3.63, 3.8) is 0 Å². The monoisotopic (exact) mass is 481 g/mol. The number of fused-ring (bicyclic) bond motifs is 1. The number of ketones is 1. The molecule has 0 radical (unpaired) electrons. The van der Waals surface area contributed by atoms with Gasteiger partial charge in [-0.15, -0.1) is 28.8 Å². The van der Waals surface area contributed by atoms with Gasteiger partial charge in [-0.25, -0.2) is 0 Å². The first kappa shape index (κ1) is 23.1. The molecule has 1 fully saturated rings. The highest BCUT2D eigenvalue weighted by atomic mass is 35.5. The first-order valence-corrected chi connectivity index (χ1v) is 11.5. The van der Waals surface area contributed by atoms with Crippen LogP contribution >= 0.6 is 23.7 Å². The molecule has 7 heteroatoms. The molecule has 33 heavy (non-hydrogen) atoms. The molecular weight excluding hydrogens is 458 g/mol. The third-order valence-electron chi connectivity index (χ3n) is 5.70. The fourth-order valence-electron chi connectivity index (χ4n) is 4.04. The van der Waals surface area contributed by atoms with Crippen molar-refractivity contribution in [2.75, 3.05) is 13.1 Å². The van der Waals surface area contributed by atoms with Gasteiger partial charge in [0, 0.05) is 39.2 Å². The van der Waals surface area contributed by atoms with Crippen molar-refractivity contribution in [2.45, 2.75) is 19.3 Å². The van der Waals surface area contributed by atoms with Crippen LogP contribution in [0.25, 0.3) is 20.5 Å².